The van der Waals surface area contributed by atoms with Crippen LogP contribution in [0.4, 0.5) is 5.69 Å². The Balaban J connectivity index is 1.94. The van der Waals surface area contributed by atoms with Gasteiger partial charge in [0.1, 0.15) is 17.4 Å². The molecule has 0 radical (unpaired) electrons. The van der Waals surface area contributed by atoms with Gasteiger partial charge in [-0.05, 0) is 30.3 Å². The van der Waals surface area contributed by atoms with E-state index >= 15 is 0 Å². The summed E-state index contributed by atoms with van der Waals surface area (Å²) < 4.78 is 6.23. The van der Waals surface area contributed by atoms with E-state index in [-0.39, 0.29) is 5.56 Å². The van der Waals surface area contributed by atoms with E-state index in [4.69, 9.17) is 33.0 Å². The number of carboxylic acids is 1. The van der Waals surface area contributed by atoms with Crippen molar-refractivity contribution in [3.8, 4) is 5.75 Å². The molecule has 0 saturated heterocycles. The molecule has 0 aliphatic carbocycles. The van der Waals surface area contributed by atoms with Gasteiger partial charge in [-0.15, -0.1) is 0 Å². The zero-order valence-electron chi connectivity index (χ0n) is 11.3. The normalized spacial score (nSPS) is 10.3. The molecule has 0 amide bonds. The summed E-state index contributed by atoms with van der Waals surface area (Å²) in [4.78, 5) is 11.2. The Bertz CT molecular complexity index is 694. The Kier molecular flexibility index (Phi) is 5.94. The molecule has 0 bridgehead atoms. The SMILES string of the molecule is O=C(O)c1cc(Br)ccc1NCCOc1cccc(Cl)c1Cl. The molecule has 0 aromatic heterocycles. The Morgan fingerprint density at radius 2 is 2.05 bits per heavy atom. The maximum atomic E-state index is 11.2. The number of aromatic carboxylic acids is 1. The van der Waals surface area contributed by atoms with Crippen LogP contribution in [0.3, 0.4) is 0 Å². The van der Waals surface area contributed by atoms with Crippen molar-refractivity contribution in [1.82, 2.24) is 0 Å². The summed E-state index contributed by atoms with van der Waals surface area (Å²) in [5.41, 5.74) is 0.714. The third-order valence-corrected chi connectivity index (χ3v) is 4.10. The third-order valence-electron chi connectivity index (χ3n) is 2.80. The first kappa shape index (κ1) is 16.9. The number of nitrogens with one attached hydrogen (secondary N) is 1. The number of halogens is 3. The number of benzene rings is 2. The summed E-state index contributed by atoms with van der Waals surface area (Å²) in [7, 11) is 0. The number of carbonyl (C=O) groups is 1. The summed E-state index contributed by atoms with van der Waals surface area (Å²) in [6, 6.07) is 10.1. The topological polar surface area (TPSA) is 58.6 Å². The molecule has 4 nitrogen and oxygen atoms in total. The Hall–Kier alpha value is -1.43. The number of rotatable bonds is 6. The highest BCUT2D eigenvalue weighted by Gasteiger charge is 2.10. The lowest BCUT2D eigenvalue weighted by molar-refractivity contribution is 0.0698. The molecule has 2 N–H and O–H groups in total. The van der Waals surface area contributed by atoms with Gasteiger partial charge in [0.15, 0.2) is 0 Å². The van der Waals surface area contributed by atoms with Gasteiger partial charge >= 0.3 is 5.97 Å². The van der Waals surface area contributed by atoms with Gasteiger partial charge < -0.3 is 15.2 Å². The minimum Gasteiger partial charge on any atom is -0.490 e. The van der Waals surface area contributed by atoms with E-state index < -0.39 is 5.97 Å². The lowest BCUT2D eigenvalue weighted by Gasteiger charge is -2.12. The molecule has 0 spiro atoms. The summed E-state index contributed by atoms with van der Waals surface area (Å²) in [6.07, 6.45) is 0. The van der Waals surface area contributed by atoms with Crippen molar-refractivity contribution in [2.45, 2.75) is 0 Å². The lowest BCUT2D eigenvalue weighted by Crippen LogP contribution is -2.14. The molecule has 2 rings (SSSR count). The molecule has 116 valence electrons. The van der Waals surface area contributed by atoms with Gasteiger partial charge in [0.05, 0.1) is 10.6 Å². The van der Waals surface area contributed by atoms with Crippen LogP contribution in [0, 0.1) is 0 Å². The van der Waals surface area contributed by atoms with Crippen molar-refractivity contribution < 1.29 is 14.6 Å². The maximum Gasteiger partial charge on any atom is 0.337 e. The molecule has 22 heavy (non-hydrogen) atoms. The quantitative estimate of drug-likeness (QED) is 0.669. The van der Waals surface area contributed by atoms with E-state index in [1.54, 1.807) is 36.4 Å². The Labute approximate surface area is 146 Å². The van der Waals surface area contributed by atoms with Crippen LogP contribution in [0.15, 0.2) is 40.9 Å². The van der Waals surface area contributed by atoms with Gasteiger partial charge in [0, 0.05) is 16.7 Å². The number of anilines is 1. The van der Waals surface area contributed by atoms with E-state index in [9.17, 15) is 4.79 Å². The highest BCUT2D eigenvalue weighted by molar-refractivity contribution is 9.10. The molecule has 2 aromatic carbocycles. The number of carboxylic acid groups (broad SMARTS) is 1. The number of ether oxygens (including phenoxy) is 1. The van der Waals surface area contributed by atoms with Crippen molar-refractivity contribution in [1.29, 1.82) is 0 Å². The minimum absolute atomic E-state index is 0.190. The molecule has 7 heteroatoms. The van der Waals surface area contributed by atoms with E-state index in [2.05, 4.69) is 21.2 Å². The van der Waals surface area contributed by atoms with E-state index in [0.29, 0.717) is 39.1 Å². The van der Waals surface area contributed by atoms with E-state index in [1.165, 1.54) is 0 Å². The average molecular weight is 405 g/mol. The molecule has 0 unspecified atom stereocenters. The Morgan fingerprint density at radius 3 is 2.77 bits per heavy atom. The molecule has 2 aromatic rings. The largest absolute Gasteiger partial charge is 0.490 e. The first-order chi connectivity index (χ1) is 10.5. The predicted octanol–water partition coefficient (Wildman–Crippen LogP) is 4.95. The molecule has 0 fully saturated rings. The van der Waals surface area contributed by atoms with Crippen LogP contribution in [0.25, 0.3) is 0 Å². The van der Waals surface area contributed by atoms with Gasteiger partial charge in [-0.1, -0.05) is 45.2 Å². The second kappa shape index (κ2) is 7.72. The molecule has 0 aliphatic heterocycles. The van der Waals surface area contributed by atoms with Crippen molar-refractivity contribution in [2.24, 2.45) is 0 Å². The van der Waals surface area contributed by atoms with Gasteiger partial charge in [-0.3, -0.25) is 0 Å². The van der Waals surface area contributed by atoms with Crippen LogP contribution in [-0.2, 0) is 0 Å². The first-order valence-electron chi connectivity index (χ1n) is 6.32. The zero-order valence-corrected chi connectivity index (χ0v) is 14.4. The van der Waals surface area contributed by atoms with Gasteiger partial charge in [-0.25, -0.2) is 4.79 Å². The fourth-order valence-corrected chi connectivity index (χ4v) is 2.50. The smallest absolute Gasteiger partial charge is 0.337 e. The predicted molar refractivity (Wildman–Crippen MR) is 91.5 cm³/mol. The minimum atomic E-state index is -0.998. The van der Waals surface area contributed by atoms with Crippen molar-refractivity contribution in [2.75, 3.05) is 18.5 Å². The highest BCUT2D eigenvalue weighted by atomic mass is 79.9. The van der Waals surface area contributed by atoms with Crippen LogP contribution in [-0.4, -0.2) is 24.2 Å². The van der Waals surface area contributed by atoms with Crippen molar-refractivity contribution in [3.63, 3.8) is 0 Å². The van der Waals surface area contributed by atoms with Crippen molar-refractivity contribution in [3.05, 3.63) is 56.5 Å². The molecule has 0 aliphatic rings. The summed E-state index contributed by atoms with van der Waals surface area (Å²) in [6.45, 7) is 0.736. The van der Waals surface area contributed by atoms with Crippen molar-refractivity contribution >= 4 is 50.8 Å². The summed E-state index contributed by atoms with van der Waals surface area (Å²) in [5.74, 6) is -0.507. The maximum absolute atomic E-state index is 11.2. The Morgan fingerprint density at radius 1 is 1.27 bits per heavy atom. The standard InChI is InChI=1S/C15H12BrCl2NO3/c16-9-4-5-12(10(8-9)15(20)21)19-6-7-22-13-3-1-2-11(17)14(13)18/h1-5,8,19H,6-7H2,(H,20,21). The summed E-state index contributed by atoms with van der Waals surface area (Å²) >= 11 is 15.2. The first-order valence-corrected chi connectivity index (χ1v) is 7.87. The second-order valence-corrected chi connectivity index (χ2v) is 6.02. The van der Waals surface area contributed by atoms with Crippen LogP contribution < -0.4 is 10.1 Å². The molecule has 0 atom stereocenters. The molecular weight excluding hydrogens is 393 g/mol. The lowest BCUT2D eigenvalue weighted by atomic mass is 10.2. The molecular formula is C15H12BrCl2NO3. The van der Waals surface area contributed by atoms with Crippen LogP contribution in [0.1, 0.15) is 10.4 Å². The van der Waals surface area contributed by atoms with E-state index in [0.717, 1.165) is 0 Å². The van der Waals surface area contributed by atoms with E-state index in [1.807, 2.05) is 0 Å². The number of hydrogen-bond acceptors (Lipinski definition) is 3. The van der Waals surface area contributed by atoms with Gasteiger partial charge in [0.2, 0.25) is 0 Å². The highest BCUT2D eigenvalue weighted by Crippen LogP contribution is 2.31. The fourth-order valence-electron chi connectivity index (χ4n) is 1.79. The average Bonchev–Trinajstić information content (AvgIpc) is 2.48. The zero-order chi connectivity index (χ0) is 16.1. The fraction of sp³-hybridized carbons (Fsp3) is 0.133. The second-order valence-electron chi connectivity index (χ2n) is 4.32. The van der Waals surface area contributed by atoms with Crippen LogP contribution in [0.5, 0.6) is 5.75 Å². The van der Waals surface area contributed by atoms with Crippen LogP contribution in [0.2, 0.25) is 10.0 Å². The monoisotopic (exact) mass is 403 g/mol. The third kappa shape index (κ3) is 4.29. The summed E-state index contributed by atoms with van der Waals surface area (Å²) in [5, 5.41) is 13.0. The van der Waals surface area contributed by atoms with Gasteiger partial charge in [-0.2, -0.15) is 0 Å². The van der Waals surface area contributed by atoms with Gasteiger partial charge in [0.25, 0.3) is 0 Å². The van der Waals surface area contributed by atoms with Crippen LogP contribution >= 0.6 is 39.1 Å². The molecule has 0 saturated carbocycles. The number of hydrogen-bond donors (Lipinski definition) is 2. The molecule has 0 heterocycles.